The van der Waals surface area contributed by atoms with Crippen LogP contribution in [0.15, 0.2) is 54.6 Å². The third kappa shape index (κ3) is 3.94. The van der Waals surface area contributed by atoms with Gasteiger partial charge in [-0.2, -0.15) is 0 Å². The van der Waals surface area contributed by atoms with Crippen LogP contribution in [0.5, 0.6) is 23.0 Å². The molecule has 4 rings (SSSR count). The van der Waals surface area contributed by atoms with E-state index >= 15 is 0 Å². The summed E-state index contributed by atoms with van der Waals surface area (Å²) in [6, 6.07) is 17.0. The van der Waals surface area contributed by atoms with Crippen LogP contribution in [0.3, 0.4) is 0 Å². The Bertz CT molecular complexity index is 1080. The van der Waals surface area contributed by atoms with Gasteiger partial charge in [0.15, 0.2) is 11.5 Å². The second-order valence-corrected chi connectivity index (χ2v) is 7.30. The van der Waals surface area contributed by atoms with Crippen molar-refractivity contribution in [3.63, 3.8) is 0 Å². The number of ether oxygens (including phenoxy) is 3. The summed E-state index contributed by atoms with van der Waals surface area (Å²) in [4.78, 5) is 11.1. The molecular formula is C24H23NO5. The number of hydrogen-bond donors (Lipinski definition) is 0. The average molecular weight is 405 g/mol. The highest BCUT2D eigenvalue weighted by Crippen LogP contribution is 2.43. The molecule has 0 spiro atoms. The summed E-state index contributed by atoms with van der Waals surface area (Å²) in [7, 11) is 1.58. The number of hydrogen-bond acceptors (Lipinski definition) is 5. The van der Waals surface area contributed by atoms with E-state index in [-0.39, 0.29) is 10.6 Å². The average Bonchev–Trinajstić information content (AvgIpc) is 3.24. The second kappa shape index (κ2) is 8.45. The van der Waals surface area contributed by atoms with Gasteiger partial charge in [0.25, 0.3) is 5.69 Å². The molecule has 0 unspecified atom stereocenters. The van der Waals surface area contributed by atoms with Crippen molar-refractivity contribution in [1.82, 2.24) is 0 Å². The van der Waals surface area contributed by atoms with Crippen LogP contribution < -0.4 is 14.2 Å². The first-order valence-corrected chi connectivity index (χ1v) is 9.89. The number of nitro groups is 1. The first-order chi connectivity index (χ1) is 14.6. The van der Waals surface area contributed by atoms with E-state index in [9.17, 15) is 10.1 Å². The Morgan fingerprint density at radius 1 is 1.00 bits per heavy atom. The molecule has 6 nitrogen and oxygen atoms in total. The molecule has 0 heterocycles. The molecule has 1 aliphatic rings. The van der Waals surface area contributed by atoms with Crippen molar-refractivity contribution < 1.29 is 19.1 Å². The monoisotopic (exact) mass is 405 g/mol. The lowest BCUT2D eigenvalue weighted by atomic mass is 10.0. The molecule has 3 aromatic carbocycles. The maximum atomic E-state index is 11.4. The van der Waals surface area contributed by atoms with Gasteiger partial charge in [0, 0.05) is 23.3 Å². The van der Waals surface area contributed by atoms with Crippen molar-refractivity contribution in [1.29, 1.82) is 0 Å². The van der Waals surface area contributed by atoms with Gasteiger partial charge in [-0.1, -0.05) is 30.3 Å². The molecule has 0 saturated heterocycles. The second-order valence-electron chi connectivity index (χ2n) is 7.30. The lowest BCUT2D eigenvalue weighted by molar-refractivity contribution is -0.385. The van der Waals surface area contributed by atoms with Gasteiger partial charge in [-0.15, -0.1) is 0 Å². The van der Waals surface area contributed by atoms with Crippen molar-refractivity contribution >= 4 is 5.69 Å². The molecule has 6 heteroatoms. The first kappa shape index (κ1) is 19.8. The zero-order chi connectivity index (χ0) is 21.1. The fourth-order valence-corrected chi connectivity index (χ4v) is 3.85. The Balaban J connectivity index is 1.59. The number of nitro benzene ring substituents is 1. The summed E-state index contributed by atoms with van der Waals surface area (Å²) < 4.78 is 17.6. The molecule has 1 aliphatic carbocycles. The summed E-state index contributed by atoms with van der Waals surface area (Å²) in [6.07, 6.45) is 2.36. The summed E-state index contributed by atoms with van der Waals surface area (Å²) in [5.74, 6) is 2.46. The topological polar surface area (TPSA) is 70.8 Å². The van der Waals surface area contributed by atoms with E-state index in [2.05, 4.69) is 0 Å². The summed E-state index contributed by atoms with van der Waals surface area (Å²) in [5, 5.41) is 11.4. The fraction of sp³-hybridized carbons (Fsp3) is 0.250. The fourth-order valence-electron chi connectivity index (χ4n) is 3.85. The number of aryl methyl sites for hydroxylation is 1. The third-order valence-electron chi connectivity index (χ3n) is 5.30. The number of methoxy groups -OCH3 is 1. The van der Waals surface area contributed by atoms with E-state index in [4.69, 9.17) is 14.2 Å². The molecule has 0 saturated carbocycles. The molecule has 0 atom stereocenters. The minimum Gasteiger partial charge on any atom is -0.493 e. The molecule has 3 aromatic rings. The van der Waals surface area contributed by atoms with Crippen LogP contribution in [0.1, 0.15) is 28.7 Å². The van der Waals surface area contributed by atoms with Crippen LogP contribution in [0, 0.1) is 17.0 Å². The van der Waals surface area contributed by atoms with Crippen LogP contribution in [0.25, 0.3) is 0 Å². The van der Waals surface area contributed by atoms with Gasteiger partial charge in [0.2, 0.25) is 0 Å². The molecule has 0 bridgehead atoms. The Morgan fingerprint density at radius 2 is 1.77 bits per heavy atom. The minimum atomic E-state index is -0.305. The van der Waals surface area contributed by atoms with Gasteiger partial charge in [-0.25, -0.2) is 0 Å². The van der Waals surface area contributed by atoms with E-state index in [1.54, 1.807) is 25.3 Å². The van der Waals surface area contributed by atoms with Crippen molar-refractivity contribution in [2.45, 2.75) is 32.8 Å². The van der Waals surface area contributed by atoms with E-state index in [0.29, 0.717) is 36.0 Å². The SMILES string of the molecule is COc1cc(OCc2ccccc2)ccc1Oc1c(C)cc([N+](=O)[O-])c2c1CCC2. The predicted octanol–water partition coefficient (Wildman–Crippen LogP) is 5.77. The zero-order valence-corrected chi connectivity index (χ0v) is 17.0. The first-order valence-electron chi connectivity index (χ1n) is 9.89. The Morgan fingerprint density at radius 3 is 2.50 bits per heavy atom. The van der Waals surface area contributed by atoms with Gasteiger partial charge in [0.05, 0.1) is 12.0 Å². The molecule has 154 valence electrons. The van der Waals surface area contributed by atoms with Gasteiger partial charge in [-0.3, -0.25) is 10.1 Å². The highest BCUT2D eigenvalue weighted by molar-refractivity contribution is 5.60. The third-order valence-corrected chi connectivity index (χ3v) is 5.30. The number of benzene rings is 3. The predicted molar refractivity (Wildman–Crippen MR) is 114 cm³/mol. The van der Waals surface area contributed by atoms with E-state index in [0.717, 1.165) is 35.1 Å². The van der Waals surface area contributed by atoms with Crippen LogP contribution in [-0.4, -0.2) is 12.0 Å². The van der Waals surface area contributed by atoms with E-state index in [1.165, 1.54) is 0 Å². The normalized spacial score (nSPS) is 12.3. The van der Waals surface area contributed by atoms with Crippen molar-refractivity contribution in [2.24, 2.45) is 0 Å². The zero-order valence-electron chi connectivity index (χ0n) is 17.0. The van der Waals surface area contributed by atoms with Crippen molar-refractivity contribution in [2.75, 3.05) is 7.11 Å². The maximum absolute atomic E-state index is 11.4. The van der Waals surface area contributed by atoms with Crippen LogP contribution in [0.2, 0.25) is 0 Å². The van der Waals surface area contributed by atoms with Gasteiger partial charge >= 0.3 is 0 Å². The van der Waals surface area contributed by atoms with Crippen LogP contribution in [0.4, 0.5) is 5.69 Å². The standard InChI is InChI=1S/C24H23NO5/c1-16-13-21(25(26)27)19-9-6-10-20(19)24(16)30-22-12-11-18(14-23(22)28-2)29-15-17-7-4-3-5-8-17/h3-5,7-8,11-14H,6,9-10,15H2,1-2H3. The molecule has 0 radical (unpaired) electrons. The lowest BCUT2D eigenvalue weighted by Gasteiger charge is -2.17. The quantitative estimate of drug-likeness (QED) is 0.368. The van der Waals surface area contributed by atoms with E-state index in [1.807, 2.05) is 43.3 Å². The molecule has 0 fully saturated rings. The summed E-state index contributed by atoms with van der Waals surface area (Å²) in [5.41, 5.74) is 3.71. The van der Waals surface area contributed by atoms with Crippen molar-refractivity contribution in [3.8, 4) is 23.0 Å². The molecule has 0 aliphatic heterocycles. The highest BCUT2D eigenvalue weighted by atomic mass is 16.6. The Kier molecular flexibility index (Phi) is 5.57. The molecule has 0 aromatic heterocycles. The van der Waals surface area contributed by atoms with Crippen LogP contribution in [-0.2, 0) is 19.4 Å². The van der Waals surface area contributed by atoms with Crippen LogP contribution >= 0.6 is 0 Å². The van der Waals surface area contributed by atoms with Gasteiger partial charge in [-0.05, 0) is 49.4 Å². The molecule has 0 amide bonds. The molecule has 0 N–H and O–H groups in total. The summed E-state index contributed by atoms with van der Waals surface area (Å²) in [6.45, 7) is 2.30. The van der Waals surface area contributed by atoms with Crippen molar-refractivity contribution in [3.05, 3.63) is 87.0 Å². The molecular weight excluding hydrogens is 382 g/mol. The smallest absolute Gasteiger partial charge is 0.273 e. The number of rotatable bonds is 7. The largest absolute Gasteiger partial charge is 0.493 e. The minimum absolute atomic E-state index is 0.184. The number of fused-ring (bicyclic) bond motifs is 1. The summed E-state index contributed by atoms with van der Waals surface area (Å²) >= 11 is 0. The Labute approximate surface area is 175 Å². The maximum Gasteiger partial charge on any atom is 0.273 e. The van der Waals surface area contributed by atoms with Gasteiger partial charge in [0.1, 0.15) is 18.1 Å². The van der Waals surface area contributed by atoms with Gasteiger partial charge < -0.3 is 14.2 Å². The number of nitrogens with zero attached hydrogens (tertiary/aromatic N) is 1. The van der Waals surface area contributed by atoms with E-state index < -0.39 is 0 Å². The highest BCUT2D eigenvalue weighted by Gasteiger charge is 2.28. The molecule has 30 heavy (non-hydrogen) atoms. The lowest BCUT2D eigenvalue weighted by Crippen LogP contribution is -2.01. The Hall–Kier alpha value is -3.54.